The van der Waals surface area contributed by atoms with E-state index in [-0.39, 0.29) is 0 Å². The molecule has 1 aromatic carbocycles. The van der Waals surface area contributed by atoms with E-state index in [1.807, 2.05) is 26.0 Å². The summed E-state index contributed by atoms with van der Waals surface area (Å²) < 4.78 is 5.28. The summed E-state index contributed by atoms with van der Waals surface area (Å²) in [6.07, 6.45) is 0.366. The first-order valence-electron chi connectivity index (χ1n) is 5.83. The summed E-state index contributed by atoms with van der Waals surface area (Å²) in [5, 5.41) is 11.8. The zero-order valence-electron chi connectivity index (χ0n) is 11.0. The second-order valence-corrected chi connectivity index (χ2v) is 4.30. The number of anilines is 1. The number of ether oxygens (including phenoxy) is 1. The van der Waals surface area contributed by atoms with Crippen molar-refractivity contribution < 1.29 is 14.6 Å². The number of rotatable bonds is 6. The fraction of sp³-hybridized carbons (Fsp3) is 0.462. The summed E-state index contributed by atoms with van der Waals surface area (Å²) in [6.45, 7) is 4.53. The summed E-state index contributed by atoms with van der Waals surface area (Å²) in [7, 11) is 1.61. The normalized spacial score (nSPS) is 12.0. The van der Waals surface area contributed by atoms with Crippen LogP contribution in [0.1, 0.15) is 17.5 Å². The Hall–Kier alpha value is -1.75. The van der Waals surface area contributed by atoms with Crippen LogP contribution in [0.4, 0.5) is 5.69 Å². The minimum Gasteiger partial charge on any atom is -0.495 e. The molecule has 0 heterocycles. The standard InChI is InChI=1S/C13H20N2O3/c1-8-6-11(12(18-3)7-9(8)2)15-5-4-10(14)13(16)17/h6-7,10,15H,4-5,14H2,1-3H3,(H,16,17). The van der Waals surface area contributed by atoms with Gasteiger partial charge in [-0.3, -0.25) is 4.79 Å². The lowest BCUT2D eigenvalue weighted by atomic mass is 10.1. The fourth-order valence-corrected chi connectivity index (χ4v) is 1.58. The monoisotopic (exact) mass is 252 g/mol. The topological polar surface area (TPSA) is 84.6 Å². The van der Waals surface area contributed by atoms with Crippen LogP contribution < -0.4 is 15.8 Å². The molecule has 1 aromatic rings. The molecule has 0 saturated heterocycles. The second-order valence-electron chi connectivity index (χ2n) is 4.30. The Bertz CT molecular complexity index is 432. The Balaban J connectivity index is 2.67. The van der Waals surface area contributed by atoms with E-state index in [2.05, 4.69) is 5.32 Å². The van der Waals surface area contributed by atoms with Crippen molar-refractivity contribution in [1.29, 1.82) is 0 Å². The van der Waals surface area contributed by atoms with E-state index in [0.29, 0.717) is 13.0 Å². The predicted molar refractivity (Wildman–Crippen MR) is 71.2 cm³/mol. The second kappa shape index (κ2) is 6.26. The molecule has 0 spiro atoms. The number of nitrogens with two attached hydrogens (primary N) is 1. The van der Waals surface area contributed by atoms with Gasteiger partial charge in [-0.2, -0.15) is 0 Å². The highest BCUT2D eigenvalue weighted by atomic mass is 16.5. The molecule has 4 N–H and O–H groups in total. The largest absolute Gasteiger partial charge is 0.495 e. The molecule has 0 fully saturated rings. The molecule has 5 heteroatoms. The molecule has 0 aromatic heterocycles. The number of nitrogens with one attached hydrogen (secondary N) is 1. The van der Waals surface area contributed by atoms with E-state index < -0.39 is 12.0 Å². The average Bonchev–Trinajstić information content (AvgIpc) is 2.32. The lowest BCUT2D eigenvalue weighted by molar-refractivity contribution is -0.138. The van der Waals surface area contributed by atoms with Crippen molar-refractivity contribution in [3.8, 4) is 5.75 Å². The highest BCUT2D eigenvalue weighted by molar-refractivity contribution is 5.73. The molecule has 0 radical (unpaired) electrons. The highest BCUT2D eigenvalue weighted by Gasteiger charge is 2.11. The third-order valence-corrected chi connectivity index (χ3v) is 2.90. The lowest BCUT2D eigenvalue weighted by Gasteiger charge is -2.14. The molecule has 18 heavy (non-hydrogen) atoms. The maximum Gasteiger partial charge on any atom is 0.320 e. The van der Waals surface area contributed by atoms with Gasteiger partial charge >= 0.3 is 5.97 Å². The van der Waals surface area contributed by atoms with Crippen LogP contribution in [0, 0.1) is 13.8 Å². The first-order valence-corrected chi connectivity index (χ1v) is 5.83. The molecule has 5 nitrogen and oxygen atoms in total. The van der Waals surface area contributed by atoms with Gasteiger partial charge < -0.3 is 20.9 Å². The van der Waals surface area contributed by atoms with E-state index in [1.165, 1.54) is 0 Å². The van der Waals surface area contributed by atoms with Gasteiger partial charge in [-0.05, 0) is 43.5 Å². The molecule has 0 aliphatic rings. The number of carboxylic acids is 1. The Morgan fingerprint density at radius 2 is 2.06 bits per heavy atom. The third-order valence-electron chi connectivity index (χ3n) is 2.90. The quantitative estimate of drug-likeness (QED) is 0.715. The summed E-state index contributed by atoms with van der Waals surface area (Å²) >= 11 is 0. The number of aryl methyl sites for hydroxylation is 2. The molecule has 0 aliphatic heterocycles. The minimum atomic E-state index is -0.983. The molecular formula is C13H20N2O3. The van der Waals surface area contributed by atoms with Crippen LogP contribution in [0.25, 0.3) is 0 Å². The molecule has 0 bridgehead atoms. The third kappa shape index (κ3) is 3.63. The summed E-state index contributed by atoms with van der Waals surface area (Å²) in [4.78, 5) is 10.6. The van der Waals surface area contributed by atoms with E-state index >= 15 is 0 Å². The van der Waals surface area contributed by atoms with E-state index in [9.17, 15) is 4.79 Å². The molecule has 0 aliphatic carbocycles. The maximum absolute atomic E-state index is 10.6. The van der Waals surface area contributed by atoms with Crippen LogP contribution in [-0.2, 0) is 4.79 Å². The van der Waals surface area contributed by atoms with Crippen molar-refractivity contribution in [2.45, 2.75) is 26.3 Å². The van der Waals surface area contributed by atoms with Gasteiger partial charge in [0.25, 0.3) is 0 Å². The molecule has 1 rings (SSSR count). The number of aliphatic carboxylic acids is 1. The average molecular weight is 252 g/mol. The minimum absolute atomic E-state index is 0.366. The molecule has 0 saturated carbocycles. The maximum atomic E-state index is 10.6. The fourth-order valence-electron chi connectivity index (χ4n) is 1.58. The number of hydrogen-bond donors (Lipinski definition) is 3. The number of benzene rings is 1. The first kappa shape index (κ1) is 14.3. The summed E-state index contributed by atoms with van der Waals surface area (Å²) in [5.74, 6) is -0.231. The van der Waals surface area contributed by atoms with Gasteiger partial charge in [-0.25, -0.2) is 0 Å². The zero-order valence-corrected chi connectivity index (χ0v) is 11.0. The number of hydrogen-bond acceptors (Lipinski definition) is 4. The molecule has 1 atom stereocenters. The van der Waals surface area contributed by atoms with E-state index in [0.717, 1.165) is 22.6 Å². The van der Waals surface area contributed by atoms with Crippen molar-refractivity contribution in [2.75, 3.05) is 19.0 Å². The van der Waals surface area contributed by atoms with Gasteiger partial charge in [0.2, 0.25) is 0 Å². The molecule has 100 valence electrons. The summed E-state index contributed by atoms with van der Waals surface area (Å²) in [6, 6.07) is 3.10. The number of methoxy groups -OCH3 is 1. The van der Waals surface area contributed by atoms with Crippen LogP contribution in [-0.4, -0.2) is 30.8 Å². The summed E-state index contributed by atoms with van der Waals surface area (Å²) in [5.41, 5.74) is 8.60. The number of carbonyl (C=O) groups is 1. The Kier molecular flexibility index (Phi) is 4.97. The lowest BCUT2D eigenvalue weighted by Crippen LogP contribution is -2.32. The van der Waals surface area contributed by atoms with Gasteiger partial charge in [-0.1, -0.05) is 0 Å². The molecular weight excluding hydrogens is 232 g/mol. The SMILES string of the molecule is COc1cc(C)c(C)cc1NCCC(N)C(=O)O. The van der Waals surface area contributed by atoms with Crippen molar-refractivity contribution in [1.82, 2.24) is 0 Å². The van der Waals surface area contributed by atoms with Gasteiger partial charge in [0.05, 0.1) is 12.8 Å². The van der Waals surface area contributed by atoms with E-state index in [1.54, 1.807) is 7.11 Å². The Morgan fingerprint density at radius 3 is 2.61 bits per heavy atom. The van der Waals surface area contributed by atoms with Crippen LogP contribution >= 0.6 is 0 Å². The van der Waals surface area contributed by atoms with Crippen molar-refractivity contribution in [2.24, 2.45) is 5.73 Å². The van der Waals surface area contributed by atoms with E-state index in [4.69, 9.17) is 15.6 Å². The van der Waals surface area contributed by atoms with Crippen LogP contribution in [0.3, 0.4) is 0 Å². The van der Waals surface area contributed by atoms with Crippen LogP contribution in [0.2, 0.25) is 0 Å². The van der Waals surface area contributed by atoms with Gasteiger partial charge in [0, 0.05) is 6.54 Å². The van der Waals surface area contributed by atoms with Crippen LogP contribution in [0.5, 0.6) is 5.75 Å². The van der Waals surface area contributed by atoms with Crippen molar-refractivity contribution in [3.63, 3.8) is 0 Å². The molecule has 0 amide bonds. The van der Waals surface area contributed by atoms with Gasteiger partial charge in [0.15, 0.2) is 0 Å². The van der Waals surface area contributed by atoms with Crippen molar-refractivity contribution >= 4 is 11.7 Å². The number of carboxylic acid groups (broad SMARTS) is 1. The first-order chi connectivity index (χ1) is 8.45. The molecule has 1 unspecified atom stereocenters. The van der Waals surface area contributed by atoms with Crippen molar-refractivity contribution in [3.05, 3.63) is 23.3 Å². The van der Waals surface area contributed by atoms with Gasteiger partial charge in [0.1, 0.15) is 11.8 Å². The zero-order chi connectivity index (χ0) is 13.7. The Labute approximate surface area is 107 Å². The Morgan fingerprint density at radius 1 is 1.44 bits per heavy atom. The smallest absolute Gasteiger partial charge is 0.320 e. The predicted octanol–water partition coefficient (Wildman–Crippen LogP) is 1.53. The highest BCUT2D eigenvalue weighted by Crippen LogP contribution is 2.27. The van der Waals surface area contributed by atoms with Gasteiger partial charge in [-0.15, -0.1) is 0 Å². The van der Waals surface area contributed by atoms with Crippen LogP contribution in [0.15, 0.2) is 12.1 Å².